The Balaban J connectivity index is 0.000000134. The molecule has 0 bridgehead atoms. The summed E-state index contributed by atoms with van der Waals surface area (Å²) >= 11 is 0. The summed E-state index contributed by atoms with van der Waals surface area (Å²) in [6, 6.07) is 33.3. The summed E-state index contributed by atoms with van der Waals surface area (Å²) in [6.45, 7) is 0. The van der Waals surface area contributed by atoms with Gasteiger partial charge in [0, 0.05) is 21.5 Å². The van der Waals surface area contributed by atoms with Crippen molar-refractivity contribution in [1.82, 2.24) is 9.97 Å². The van der Waals surface area contributed by atoms with Crippen LogP contribution in [-0.2, 0) is 0 Å². The van der Waals surface area contributed by atoms with Gasteiger partial charge in [-0.1, -0.05) is 60.7 Å². The van der Waals surface area contributed by atoms with E-state index < -0.39 is 5.97 Å². The lowest BCUT2D eigenvalue weighted by molar-refractivity contribution is 0.0699. The monoisotopic (exact) mass is 402 g/mol. The molecule has 0 fully saturated rings. The van der Waals surface area contributed by atoms with Gasteiger partial charge in [0.1, 0.15) is 0 Å². The number of hydrogen-bond acceptors (Lipinski definition) is 3. The quantitative estimate of drug-likeness (QED) is 0.320. The van der Waals surface area contributed by atoms with Crippen molar-refractivity contribution in [1.29, 1.82) is 0 Å². The minimum Gasteiger partial charge on any atom is -0.478 e. The third-order valence-electron chi connectivity index (χ3n) is 5.22. The predicted octanol–water partition coefficient (Wildman–Crippen LogP) is 6.47. The molecule has 0 saturated carbocycles. The SMILES string of the molecule is O=C(O)c1cccc2nc3ccccc3cc12.c1ccc2nc3ccccc3cc2c1. The summed E-state index contributed by atoms with van der Waals surface area (Å²) in [7, 11) is 0. The number of carboxylic acid groups (broad SMARTS) is 1. The highest BCUT2D eigenvalue weighted by Gasteiger charge is 2.09. The standard InChI is InChI=1S/C14H9NO2.C13H9N/c16-14(17)10-5-3-7-13-11(10)8-9-4-1-2-6-12(9)15-13;1-3-7-12-10(5-1)9-11-6-2-4-8-13(11)14-12/h1-8H,(H,16,17);1-9H. The summed E-state index contributed by atoms with van der Waals surface area (Å²) in [6.07, 6.45) is 0. The maximum atomic E-state index is 11.1. The average Bonchev–Trinajstić information content (AvgIpc) is 2.81. The molecule has 0 radical (unpaired) electrons. The van der Waals surface area contributed by atoms with Crippen LogP contribution in [-0.4, -0.2) is 21.0 Å². The van der Waals surface area contributed by atoms with E-state index in [1.165, 1.54) is 10.8 Å². The fraction of sp³-hybridized carbons (Fsp3) is 0. The summed E-state index contributed by atoms with van der Waals surface area (Å²) in [5.41, 5.74) is 4.00. The lowest BCUT2D eigenvalue weighted by atomic mass is 10.1. The lowest BCUT2D eigenvalue weighted by Crippen LogP contribution is -1.97. The van der Waals surface area contributed by atoms with E-state index in [1.807, 2.05) is 72.8 Å². The maximum Gasteiger partial charge on any atom is 0.336 e. The molecule has 0 aliphatic carbocycles. The van der Waals surface area contributed by atoms with E-state index in [2.05, 4.69) is 28.2 Å². The molecule has 0 atom stereocenters. The number of aromatic carboxylic acids is 1. The highest BCUT2D eigenvalue weighted by Crippen LogP contribution is 2.22. The molecule has 0 amide bonds. The fourth-order valence-corrected chi connectivity index (χ4v) is 3.71. The van der Waals surface area contributed by atoms with Crippen LogP contribution >= 0.6 is 0 Å². The number of nitrogens with zero attached hydrogens (tertiary/aromatic N) is 2. The van der Waals surface area contributed by atoms with Gasteiger partial charge in [-0.3, -0.25) is 0 Å². The van der Waals surface area contributed by atoms with Crippen molar-refractivity contribution >= 4 is 49.6 Å². The molecule has 6 aromatic rings. The Kier molecular flexibility index (Phi) is 4.73. The van der Waals surface area contributed by atoms with E-state index in [1.54, 1.807) is 12.1 Å². The first-order chi connectivity index (χ1) is 15.2. The number of aromatic nitrogens is 2. The second-order valence-corrected chi connectivity index (χ2v) is 7.23. The van der Waals surface area contributed by atoms with Gasteiger partial charge < -0.3 is 5.11 Å². The van der Waals surface area contributed by atoms with Crippen molar-refractivity contribution in [2.45, 2.75) is 0 Å². The van der Waals surface area contributed by atoms with E-state index in [-0.39, 0.29) is 0 Å². The second kappa shape index (κ2) is 7.84. The third-order valence-corrected chi connectivity index (χ3v) is 5.22. The Bertz CT molecular complexity index is 1470. The van der Waals surface area contributed by atoms with Crippen molar-refractivity contribution in [3.8, 4) is 0 Å². The number of fused-ring (bicyclic) bond motifs is 4. The Hall–Kier alpha value is -4.31. The smallest absolute Gasteiger partial charge is 0.336 e. The summed E-state index contributed by atoms with van der Waals surface area (Å²) in [5.74, 6) is -0.923. The average molecular weight is 402 g/mol. The summed E-state index contributed by atoms with van der Waals surface area (Å²) in [4.78, 5) is 20.2. The molecular formula is C27H18N2O2. The first-order valence-corrected chi connectivity index (χ1v) is 9.95. The van der Waals surface area contributed by atoms with Gasteiger partial charge in [-0.15, -0.1) is 0 Å². The van der Waals surface area contributed by atoms with Crippen molar-refractivity contribution in [2.75, 3.05) is 0 Å². The van der Waals surface area contributed by atoms with Crippen LogP contribution in [0.25, 0.3) is 43.6 Å². The van der Waals surface area contributed by atoms with Gasteiger partial charge in [0.15, 0.2) is 0 Å². The van der Waals surface area contributed by atoms with E-state index in [0.717, 1.165) is 21.9 Å². The molecular weight excluding hydrogens is 384 g/mol. The van der Waals surface area contributed by atoms with Crippen LogP contribution in [0.3, 0.4) is 0 Å². The highest BCUT2D eigenvalue weighted by atomic mass is 16.4. The van der Waals surface area contributed by atoms with Gasteiger partial charge in [0.05, 0.1) is 27.6 Å². The van der Waals surface area contributed by atoms with Gasteiger partial charge in [0.25, 0.3) is 0 Å². The van der Waals surface area contributed by atoms with Crippen LogP contribution in [0.1, 0.15) is 10.4 Å². The zero-order valence-corrected chi connectivity index (χ0v) is 16.6. The highest BCUT2D eigenvalue weighted by molar-refractivity contribution is 6.05. The molecule has 2 heterocycles. The number of rotatable bonds is 1. The normalized spacial score (nSPS) is 10.8. The number of hydrogen-bond donors (Lipinski definition) is 1. The van der Waals surface area contributed by atoms with E-state index in [0.29, 0.717) is 16.5 Å². The van der Waals surface area contributed by atoms with E-state index in [9.17, 15) is 4.79 Å². The Labute approximate surface area is 178 Å². The minimum absolute atomic E-state index is 0.292. The lowest BCUT2D eigenvalue weighted by Gasteiger charge is -2.04. The predicted molar refractivity (Wildman–Crippen MR) is 125 cm³/mol. The zero-order chi connectivity index (χ0) is 21.2. The Morgan fingerprint density at radius 2 is 1.00 bits per heavy atom. The molecule has 2 aromatic heterocycles. The maximum absolute atomic E-state index is 11.1. The van der Waals surface area contributed by atoms with Gasteiger partial charge in [-0.05, 0) is 42.5 Å². The number of carboxylic acids is 1. The molecule has 31 heavy (non-hydrogen) atoms. The van der Waals surface area contributed by atoms with Crippen molar-refractivity contribution in [3.63, 3.8) is 0 Å². The van der Waals surface area contributed by atoms with Crippen molar-refractivity contribution in [2.24, 2.45) is 0 Å². The number of benzene rings is 4. The molecule has 4 aromatic carbocycles. The van der Waals surface area contributed by atoms with Crippen molar-refractivity contribution in [3.05, 3.63) is 109 Å². The van der Waals surface area contributed by atoms with Gasteiger partial charge >= 0.3 is 5.97 Å². The molecule has 0 unspecified atom stereocenters. The van der Waals surface area contributed by atoms with Crippen LogP contribution in [0.15, 0.2) is 103 Å². The fourth-order valence-electron chi connectivity index (χ4n) is 3.71. The van der Waals surface area contributed by atoms with Crippen LogP contribution in [0, 0.1) is 0 Å². The molecule has 148 valence electrons. The Morgan fingerprint density at radius 3 is 1.55 bits per heavy atom. The van der Waals surface area contributed by atoms with E-state index in [4.69, 9.17) is 5.11 Å². The topological polar surface area (TPSA) is 63.1 Å². The minimum atomic E-state index is -0.923. The summed E-state index contributed by atoms with van der Waals surface area (Å²) < 4.78 is 0. The van der Waals surface area contributed by atoms with Gasteiger partial charge in [-0.2, -0.15) is 0 Å². The number of pyridine rings is 2. The van der Waals surface area contributed by atoms with Crippen LogP contribution in [0.4, 0.5) is 0 Å². The largest absolute Gasteiger partial charge is 0.478 e. The first-order valence-electron chi connectivity index (χ1n) is 9.95. The third kappa shape index (κ3) is 3.67. The summed E-state index contributed by atoms with van der Waals surface area (Å²) in [5, 5.41) is 13.2. The molecule has 0 aliphatic rings. The second-order valence-electron chi connectivity index (χ2n) is 7.23. The van der Waals surface area contributed by atoms with Crippen LogP contribution in [0.2, 0.25) is 0 Å². The van der Waals surface area contributed by atoms with Gasteiger partial charge in [-0.25, -0.2) is 14.8 Å². The molecule has 6 rings (SSSR count). The molecule has 0 spiro atoms. The molecule has 0 aliphatic heterocycles. The molecule has 0 saturated heterocycles. The Morgan fingerprint density at radius 1 is 0.548 bits per heavy atom. The molecule has 1 N–H and O–H groups in total. The molecule has 4 heteroatoms. The molecule has 4 nitrogen and oxygen atoms in total. The number of carbonyl (C=O) groups is 1. The zero-order valence-electron chi connectivity index (χ0n) is 16.6. The van der Waals surface area contributed by atoms with Crippen LogP contribution in [0.5, 0.6) is 0 Å². The van der Waals surface area contributed by atoms with Crippen LogP contribution < -0.4 is 0 Å². The first kappa shape index (κ1) is 18.7. The number of para-hydroxylation sites is 3. The van der Waals surface area contributed by atoms with Gasteiger partial charge in [0.2, 0.25) is 0 Å². The van der Waals surface area contributed by atoms with E-state index >= 15 is 0 Å². The van der Waals surface area contributed by atoms with Crippen molar-refractivity contribution < 1.29 is 9.90 Å².